The molecule has 2 heterocycles. The highest BCUT2D eigenvalue weighted by atomic mass is 35.5. The Kier molecular flexibility index (Phi) is 11.2. The molecule has 0 atom stereocenters. The summed E-state index contributed by atoms with van der Waals surface area (Å²) < 4.78 is 0. The maximum Gasteiger partial charge on any atom is 0.229 e. The van der Waals surface area contributed by atoms with Crippen molar-refractivity contribution >= 4 is 47.2 Å². The zero-order valence-electron chi connectivity index (χ0n) is 20.6. The van der Waals surface area contributed by atoms with E-state index in [1.807, 2.05) is 0 Å². The van der Waals surface area contributed by atoms with Crippen LogP contribution in [-0.2, 0) is 11.3 Å². The second-order valence-corrected chi connectivity index (χ2v) is 10.4. The normalized spacial score (nSPS) is 17.2. The van der Waals surface area contributed by atoms with Crippen molar-refractivity contribution in [3.8, 4) is 0 Å². The van der Waals surface area contributed by atoms with Gasteiger partial charge in [-0.25, -0.2) is 4.98 Å². The minimum atomic E-state index is 0. The molecule has 3 aromatic rings. The minimum absolute atomic E-state index is 0. The van der Waals surface area contributed by atoms with Gasteiger partial charge < -0.3 is 5.32 Å². The van der Waals surface area contributed by atoms with Gasteiger partial charge in [-0.15, -0.1) is 36.2 Å². The highest BCUT2D eigenvalue weighted by Gasteiger charge is 2.27. The summed E-state index contributed by atoms with van der Waals surface area (Å²) in [6.07, 6.45) is 5.63. The molecule has 194 valence electrons. The predicted octanol–water partition coefficient (Wildman–Crippen LogP) is 6.41. The van der Waals surface area contributed by atoms with E-state index < -0.39 is 0 Å². The van der Waals surface area contributed by atoms with Crippen LogP contribution < -0.4 is 5.32 Å². The molecule has 5 nitrogen and oxygen atoms in total. The number of hydrogen-bond acceptors (Lipinski definition) is 5. The number of piperazine rings is 1. The third-order valence-electron chi connectivity index (χ3n) is 7.15. The van der Waals surface area contributed by atoms with Gasteiger partial charge in [0.2, 0.25) is 5.91 Å². The lowest BCUT2D eigenvalue weighted by Crippen LogP contribution is -2.47. The van der Waals surface area contributed by atoms with Gasteiger partial charge in [0, 0.05) is 44.0 Å². The predicted molar refractivity (Wildman–Crippen MR) is 153 cm³/mol. The second kappa shape index (κ2) is 14.1. The number of halogens is 2. The lowest BCUT2D eigenvalue weighted by molar-refractivity contribution is -0.120. The lowest BCUT2D eigenvalue weighted by Gasteiger charge is -2.39. The maximum absolute atomic E-state index is 12.5. The van der Waals surface area contributed by atoms with Crippen LogP contribution in [-0.4, -0.2) is 46.9 Å². The number of amides is 1. The third kappa shape index (κ3) is 7.30. The maximum atomic E-state index is 12.5. The molecule has 2 fully saturated rings. The zero-order chi connectivity index (χ0) is 23.2. The summed E-state index contributed by atoms with van der Waals surface area (Å²) in [6, 6.07) is 21.9. The van der Waals surface area contributed by atoms with Gasteiger partial charge in [-0.2, -0.15) is 0 Å². The van der Waals surface area contributed by atoms with E-state index in [1.54, 1.807) is 11.3 Å². The number of nitrogens with one attached hydrogen (secondary N) is 1. The van der Waals surface area contributed by atoms with Crippen molar-refractivity contribution in [3.05, 3.63) is 82.9 Å². The summed E-state index contributed by atoms with van der Waals surface area (Å²) in [4.78, 5) is 22.3. The van der Waals surface area contributed by atoms with E-state index in [0.29, 0.717) is 0 Å². The fraction of sp³-hybridized carbons (Fsp3) is 0.429. The van der Waals surface area contributed by atoms with Crippen molar-refractivity contribution in [1.82, 2.24) is 14.8 Å². The van der Waals surface area contributed by atoms with Crippen LogP contribution in [0.25, 0.3) is 0 Å². The third-order valence-corrected chi connectivity index (χ3v) is 7.95. The summed E-state index contributed by atoms with van der Waals surface area (Å²) in [7, 11) is 0. The molecule has 1 amide bonds. The molecule has 8 heteroatoms. The number of hydrogen-bond donors (Lipinski definition) is 1. The number of rotatable bonds is 7. The average molecular weight is 548 g/mol. The monoisotopic (exact) mass is 546 g/mol. The second-order valence-electron chi connectivity index (χ2n) is 9.50. The number of aromatic nitrogens is 1. The number of carbonyl (C=O) groups is 1. The van der Waals surface area contributed by atoms with Crippen molar-refractivity contribution in [2.24, 2.45) is 5.92 Å². The first-order chi connectivity index (χ1) is 16.8. The summed E-state index contributed by atoms with van der Waals surface area (Å²) >= 11 is 1.55. The zero-order valence-corrected chi connectivity index (χ0v) is 23.0. The van der Waals surface area contributed by atoms with Crippen molar-refractivity contribution in [2.75, 3.05) is 31.5 Å². The van der Waals surface area contributed by atoms with E-state index in [4.69, 9.17) is 4.98 Å². The van der Waals surface area contributed by atoms with Gasteiger partial charge >= 0.3 is 0 Å². The largest absolute Gasteiger partial charge is 0.302 e. The quantitative estimate of drug-likeness (QED) is 0.371. The lowest BCUT2D eigenvalue weighted by atomic mass is 9.89. The number of nitrogens with zero attached hydrogens (tertiary/aromatic N) is 3. The van der Waals surface area contributed by atoms with Crippen LogP contribution in [0.3, 0.4) is 0 Å². The van der Waals surface area contributed by atoms with E-state index in [0.717, 1.165) is 56.4 Å². The molecule has 2 aromatic carbocycles. The fourth-order valence-electron chi connectivity index (χ4n) is 5.30. The smallest absolute Gasteiger partial charge is 0.229 e. The number of anilines is 1. The van der Waals surface area contributed by atoms with Gasteiger partial charge in [-0.3, -0.25) is 14.6 Å². The molecule has 1 aliphatic heterocycles. The highest BCUT2D eigenvalue weighted by Crippen LogP contribution is 2.30. The molecule has 0 spiro atoms. The summed E-state index contributed by atoms with van der Waals surface area (Å²) in [6.45, 7) is 4.90. The molecule has 2 aliphatic rings. The van der Waals surface area contributed by atoms with E-state index >= 15 is 0 Å². The number of thiazole rings is 1. The van der Waals surface area contributed by atoms with Crippen LogP contribution >= 0.6 is 36.2 Å². The topological polar surface area (TPSA) is 48.5 Å². The molecule has 1 aromatic heterocycles. The molecule has 0 radical (unpaired) electrons. The summed E-state index contributed by atoms with van der Waals surface area (Å²) in [5, 5.41) is 5.91. The van der Waals surface area contributed by atoms with Gasteiger partial charge in [0.1, 0.15) is 0 Å². The summed E-state index contributed by atoms with van der Waals surface area (Å²) in [5.41, 5.74) is 3.75. The van der Waals surface area contributed by atoms with Gasteiger partial charge in [0.15, 0.2) is 5.13 Å². The molecule has 0 bridgehead atoms. The highest BCUT2D eigenvalue weighted by molar-refractivity contribution is 7.13. The fourth-order valence-corrected chi connectivity index (χ4v) is 6.01. The molecule has 1 saturated heterocycles. The van der Waals surface area contributed by atoms with Crippen LogP contribution in [0, 0.1) is 5.92 Å². The molecule has 36 heavy (non-hydrogen) atoms. The van der Waals surface area contributed by atoms with Crippen molar-refractivity contribution in [1.29, 1.82) is 0 Å². The first kappa shape index (κ1) is 28.6. The molecular weight excluding hydrogens is 511 g/mol. The van der Waals surface area contributed by atoms with Crippen molar-refractivity contribution in [2.45, 2.75) is 44.7 Å². The molecule has 1 saturated carbocycles. The molecule has 1 aliphatic carbocycles. The first-order valence-electron chi connectivity index (χ1n) is 12.6. The van der Waals surface area contributed by atoms with Crippen LogP contribution in [0.2, 0.25) is 0 Å². The van der Waals surface area contributed by atoms with E-state index in [1.165, 1.54) is 30.4 Å². The van der Waals surface area contributed by atoms with Crippen LogP contribution in [0.1, 0.15) is 55.0 Å². The van der Waals surface area contributed by atoms with Crippen molar-refractivity contribution in [3.63, 3.8) is 0 Å². The first-order valence-corrected chi connectivity index (χ1v) is 13.5. The number of carbonyl (C=O) groups excluding carboxylic acids is 1. The Morgan fingerprint density at radius 3 is 2.06 bits per heavy atom. The molecule has 1 N–H and O–H groups in total. The van der Waals surface area contributed by atoms with Gasteiger partial charge in [0.25, 0.3) is 0 Å². The van der Waals surface area contributed by atoms with Crippen molar-refractivity contribution < 1.29 is 4.79 Å². The van der Waals surface area contributed by atoms with Gasteiger partial charge in [-0.05, 0) is 24.0 Å². The molecule has 0 unspecified atom stereocenters. The average Bonchev–Trinajstić information content (AvgIpc) is 3.33. The Labute approximate surface area is 231 Å². The van der Waals surface area contributed by atoms with Crippen LogP contribution in [0.5, 0.6) is 0 Å². The Balaban J connectivity index is 0.00000180. The van der Waals surface area contributed by atoms with Crippen LogP contribution in [0.15, 0.2) is 66.0 Å². The minimum Gasteiger partial charge on any atom is -0.302 e. The Hall–Kier alpha value is -1.96. The molecule has 5 rings (SSSR count). The van der Waals surface area contributed by atoms with E-state index in [2.05, 4.69) is 81.2 Å². The number of benzene rings is 2. The Morgan fingerprint density at radius 1 is 0.889 bits per heavy atom. The van der Waals surface area contributed by atoms with E-state index in [9.17, 15) is 4.79 Å². The molecular formula is C28H36Cl2N4OS. The van der Waals surface area contributed by atoms with E-state index in [-0.39, 0.29) is 42.7 Å². The Bertz CT molecular complexity index is 1010. The SMILES string of the molecule is Cl.Cl.O=C(Nc1nc(CN2CCN(C(c3ccccc3)c3ccccc3)CC2)cs1)C1CCCCC1. The van der Waals surface area contributed by atoms with Crippen LogP contribution in [0.4, 0.5) is 5.13 Å². The van der Waals surface area contributed by atoms with Gasteiger partial charge in [0.05, 0.1) is 11.7 Å². The standard InChI is InChI=1S/C28H34N4OS.2ClH/c33-27(24-14-8-3-9-15-24)30-28-29-25(21-34-28)20-31-16-18-32(19-17-31)26(22-10-4-1-5-11-22)23-12-6-2-7-13-23;;/h1-2,4-7,10-13,21,24,26H,3,8-9,14-20H2,(H,29,30,33);2*1H. The summed E-state index contributed by atoms with van der Waals surface area (Å²) in [5.74, 6) is 0.318. The Morgan fingerprint density at radius 2 is 1.47 bits per heavy atom. The van der Waals surface area contributed by atoms with Gasteiger partial charge in [-0.1, -0.05) is 79.9 Å².